The largest absolute Gasteiger partial charge is 0.378 e. The van der Waals surface area contributed by atoms with Crippen LogP contribution in [0.25, 0.3) is 11.0 Å². The highest BCUT2D eigenvalue weighted by Crippen LogP contribution is 2.28. The number of morpholine rings is 1. The highest BCUT2D eigenvalue weighted by atomic mass is 32.2. The standard InChI is InChI=1S/C20H26N6O3S/c1-14-11-17-18(21-14)23-20(26-7-9-29-10-8-26)24-19(17)22-16-6-4-5-15(12-16)13-30(27,28)25(2)3/h4-6,11-12H,7-10,13H2,1-3H3,(H2,21,22,23,24). The summed E-state index contributed by atoms with van der Waals surface area (Å²) in [6.07, 6.45) is 0. The maximum Gasteiger partial charge on any atom is 0.229 e. The molecular weight excluding hydrogens is 404 g/mol. The van der Waals surface area contributed by atoms with E-state index in [1.165, 1.54) is 18.4 Å². The van der Waals surface area contributed by atoms with Crippen LogP contribution in [-0.4, -0.2) is 68.1 Å². The number of hydrogen-bond donors (Lipinski definition) is 2. The number of nitrogens with one attached hydrogen (secondary N) is 2. The summed E-state index contributed by atoms with van der Waals surface area (Å²) in [4.78, 5) is 14.8. The van der Waals surface area contributed by atoms with Crippen LogP contribution in [0.5, 0.6) is 0 Å². The molecule has 30 heavy (non-hydrogen) atoms. The van der Waals surface area contributed by atoms with Crippen molar-refractivity contribution in [2.45, 2.75) is 12.7 Å². The predicted octanol–water partition coefficient (Wildman–Crippen LogP) is 2.24. The van der Waals surface area contributed by atoms with E-state index in [0.717, 1.165) is 35.5 Å². The molecule has 3 heterocycles. The number of aromatic amines is 1. The van der Waals surface area contributed by atoms with Gasteiger partial charge < -0.3 is 19.9 Å². The molecule has 0 saturated carbocycles. The van der Waals surface area contributed by atoms with Gasteiger partial charge >= 0.3 is 0 Å². The first-order valence-corrected chi connectivity index (χ1v) is 11.4. The number of aryl methyl sites for hydroxylation is 1. The number of H-pyrrole nitrogens is 1. The Morgan fingerprint density at radius 3 is 2.70 bits per heavy atom. The highest BCUT2D eigenvalue weighted by Gasteiger charge is 2.18. The van der Waals surface area contributed by atoms with Crippen molar-refractivity contribution in [2.75, 3.05) is 50.6 Å². The maximum atomic E-state index is 12.2. The topological polar surface area (TPSA) is 103 Å². The van der Waals surface area contributed by atoms with Gasteiger partial charge in [-0.05, 0) is 30.7 Å². The zero-order chi connectivity index (χ0) is 21.3. The maximum absolute atomic E-state index is 12.2. The Hall–Kier alpha value is -2.69. The minimum absolute atomic E-state index is 0.0585. The molecule has 160 valence electrons. The SMILES string of the molecule is Cc1cc2c(Nc3cccc(CS(=O)(=O)N(C)C)c3)nc(N3CCOCC3)nc2[nH]1. The number of sulfonamides is 1. The highest BCUT2D eigenvalue weighted by molar-refractivity contribution is 7.88. The summed E-state index contributed by atoms with van der Waals surface area (Å²) in [5.41, 5.74) is 3.23. The second-order valence-corrected chi connectivity index (χ2v) is 9.73. The Kier molecular flexibility index (Phi) is 5.63. The van der Waals surface area contributed by atoms with E-state index in [9.17, 15) is 8.42 Å². The van der Waals surface area contributed by atoms with Gasteiger partial charge in [0.25, 0.3) is 0 Å². The molecule has 2 N–H and O–H groups in total. The first-order valence-electron chi connectivity index (χ1n) is 9.78. The molecule has 1 aromatic carbocycles. The van der Waals surface area contributed by atoms with Crippen molar-refractivity contribution >= 4 is 38.5 Å². The molecule has 1 aliphatic rings. The molecule has 0 aliphatic carbocycles. The third-order valence-electron chi connectivity index (χ3n) is 5.00. The first kappa shape index (κ1) is 20.6. The molecule has 0 unspecified atom stereocenters. The van der Waals surface area contributed by atoms with Gasteiger partial charge in [0.1, 0.15) is 11.5 Å². The molecule has 2 aromatic heterocycles. The van der Waals surface area contributed by atoms with E-state index in [2.05, 4.69) is 20.2 Å². The molecule has 10 heteroatoms. The number of rotatable bonds is 6. The molecule has 0 spiro atoms. The molecule has 1 fully saturated rings. The van der Waals surface area contributed by atoms with E-state index in [1.54, 1.807) is 6.07 Å². The van der Waals surface area contributed by atoms with Crippen molar-refractivity contribution in [3.63, 3.8) is 0 Å². The normalized spacial score (nSPS) is 15.1. The number of aromatic nitrogens is 3. The number of ether oxygens (including phenoxy) is 1. The predicted molar refractivity (Wildman–Crippen MR) is 118 cm³/mol. The number of hydrogen-bond acceptors (Lipinski definition) is 7. The molecule has 0 atom stereocenters. The van der Waals surface area contributed by atoms with Gasteiger partial charge in [-0.15, -0.1) is 0 Å². The van der Waals surface area contributed by atoms with Gasteiger partial charge in [0, 0.05) is 38.6 Å². The summed E-state index contributed by atoms with van der Waals surface area (Å²) in [6, 6.07) is 9.38. The Morgan fingerprint density at radius 2 is 1.97 bits per heavy atom. The average Bonchev–Trinajstić information content (AvgIpc) is 3.09. The van der Waals surface area contributed by atoms with Crippen LogP contribution in [0.15, 0.2) is 30.3 Å². The smallest absolute Gasteiger partial charge is 0.229 e. The zero-order valence-corrected chi connectivity index (χ0v) is 18.2. The lowest BCUT2D eigenvalue weighted by atomic mass is 10.2. The lowest BCUT2D eigenvalue weighted by molar-refractivity contribution is 0.122. The molecular formula is C20H26N6O3S. The minimum atomic E-state index is -3.34. The van der Waals surface area contributed by atoms with E-state index in [0.29, 0.717) is 30.5 Å². The summed E-state index contributed by atoms with van der Waals surface area (Å²) in [6.45, 7) is 4.75. The molecule has 0 amide bonds. The monoisotopic (exact) mass is 430 g/mol. The van der Waals surface area contributed by atoms with Gasteiger partial charge in [0.2, 0.25) is 16.0 Å². The molecule has 1 saturated heterocycles. The summed E-state index contributed by atoms with van der Waals surface area (Å²) < 4.78 is 31.1. The van der Waals surface area contributed by atoms with Gasteiger partial charge in [0.05, 0.1) is 24.4 Å². The zero-order valence-electron chi connectivity index (χ0n) is 17.3. The fraction of sp³-hybridized carbons (Fsp3) is 0.400. The van der Waals surface area contributed by atoms with Gasteiger partial charge in [-0.2, -0.15) is 9.97 Å². The van der Waals surface area contributed by atoms with E-state index >= 15 is 0 Å². The van der Waals surface area contributed by atoms with Crippen molar-refractivity contribution in [1.82, 2.24) is 19.3 Å². The quantitative estimate of drug-likeness (QED) is 0.618. The fourth-order valence-corrected chi connectivity index (χ4v) is 4.20. The molecule has 1 aliphatic heterocycles. The Morgan fingerprint density at radius 1 is 1.20 bits per heavy atom. The Bertz CT molecular complexity index is 1150. The van der Waals surface area contributed by atoms with Crippen molar-refractivity contribution in [3.8, 4) is 0 Å². The second-order valence-electron chi connectivity index (χ2n) is 7.55. The van der Waals surface area contributed by atoms with E-state index in [1.807, 2.05) is 31.2 Å². The molecule has 4 rings (SSSR count). The van der Waals surface area contributed by atoms with Gasteiger partial charge in [-0.25, -0.2) is 12.7 Å². The second kappa shape index (κ2) is 8.21. The molecule has 9 nitrogen and oxygen atoms in total. The summed E-state index contributed by atoms with van der Waals surface area (Å²) in [7, 11) is -0.261. The Balaban J connectivity index is 1.67. The summed E-state index contributed by atoms with van der Waals surface area (Å²) >= 11 is 0. The lowest BCUT2D eigenvalue weighted by Crippen LogP contribution is -2.37. The van der Waals surface area contributed by atoms with Crippen LogP contribution < -0.4 is 10.2 Å². The van der Waals surface area contributed by atoms with E-state index < -0.39 is 10.0 Å². The van der Waals surface area contributed by atoms with E-state index in [4.69, 9.17) is 9.72 Å². The minimum Gasteiger partial charge on any atom is -0.378 e. The molecule has 0 radical (unpaired) electrons. The van der Waals surface area contributed by atoms with Gasteiger partial charge in [0.15, 0.2) is 0 Å². The number of fused-ring (bicyclic) bond motifs is 1. The summed E-state index contributed by atoms with van der Waals surface area (Å²) in [5.74, 6) is 1.26. The van der Waals surface area contributed by atoms with Crippen LogP contribution in [0.3, 0.4) is 0 Å². The number of nitrogens with zero attached hydrogens (tertiary/aromatic N) is 4. The molecule has 0 bridgehead atoms. The van der Waals surface area contributed by atoms with Gasteiger partial charge in [-0.3, -0.25) is 0 Å². The van der Waals surface area contributed by atoms with Crippen LogP contribution in [-0.2, 0) is 20.5 Å². The third kappa shape index (κ3) is 4.40. The van der Waals surface area contributed by atoms with Crippen molar-refractivity contribution in [1.29, 1.82) is 0 Å². The van der Waals surface area contributed by atoms with Crippen molar-refractivity contribution < 1.29 is 13.2 Å². The summed E-state index contributed by atoms with van der Waals surface area (Å²) in [5, 5.41) is 4.24. The van der Waals surface area contributed by atoms with Crippen LogP contribution in [0, 0.1) is 6.92 Å². The van der Waals surface area contributed by atoms with Crippen molar-refractivity contribution in [3.05, 3.63) is 41.6 Å². The lowest BCUT2D eigenvalue weighted by Gasteiger charge is -2.27. The van der Waals surface area contributed by atoms with Crippen LogP contribution in [0.2, 0.25) is 0 Å². The van der Waals surface area contributed by atoms with Crippen LogP contribution in [0.4, 0.5) is 17.5 Å². The van der Waals surface area contributed by atoms with E-state index in [-0.39, 0.29) is 5.75 Å². The first-order chi connectivity index (χ1) is 14.3. The third-order valence-corrected chi connectivity index (χ3v) is 6.81. The Labute approximate surface area is 176 Å². The van der Waals surface area contributed by atoms with Crippen LogP contribution >= 0.6 is 0 Å². The van der Waals surface area contributed by atoms with Gasteiger partial charge in [-0.1, -0.05) is 12.1 Å². The average molecular weight is 431 g/mol. The number of benzene rings is 1. The fourth-order valence-electron chi connectivity index (χ4n) is 3.34. The number of anilines is 3. The van der Waals surface area contributed by atoms with Crippen molar-refractivity contribution in [2.24, 2.45) is 0 Å². The van der Waals surface area contributed by atoms with Crippen LogP contribution in [0.1, 0.15) is 11.3 Å². The molecule has 3 aromatic rings.